The average Bonchev–Trinajstić information content (AvgIpc) is 2.97. The lowest BCUT2D eigenvalue weighted by molar-refractivity contribution is -0.192. The summed E-state index contributed by atoms with van der Waals surface area (Å²) in [6.45, 7) is 2.41. The van der Waals surface area contributed by atoms with Crippen molar-refractivity contribution < 1.29 is 27.9 Å². The molecular formula is C16H19F3N4O3. The van der Waals surface area contributed by atoms with E-state index in [0.717, 1.165) is 16.8 Å². The third-order valence-corrected chi connectivity index (χ3v) is 3.08. The van der Waals surface area contributed by atoms with Gasteiger partial charge in [0.05, 0.1) is 0 Å². The van der Waals surface area contributed by atoms with Crippen molar-refractivity contribution >= 4 is 17.7 Å². The average molecular weight is 372 g/mol. The van der Waals surface area contributed by atoms with Gasteiger partial charge in [0.15, 0.2) is 5.82 Å². The lowest BCUT2D eigenvalue weighted by Gasteiger charge is -2.04. The van der Waals surface area contributed by atoms with Crippen LogP contribution in [-0.2, 0) is 22.6 Å². The Labute approximate surface area is 147 Å². The number of anilines is 1. The number of rotatable bonds is 5. The number of halogens is 3. The summed E-state index contributed by atoms with van der Waals surface area (Å²) in [4.78, 5) is 20.7. The lowest BCUT2D eigenvalue weighted by Crippen LogP contribution is -2.21. The van der Waals surface area contributed by atoms with Crippen LogP contribution in [-0.4, -0.2) is 33.4 Å². The standard InChI is InChI=1S/C14H18N4O.C2HF3O2/c1-10-7-13(18-17-10)16-14(19)6-5-11-3-2-4-12(8-11)9-15;3-2(4,5)1(6)7/h2-4,7-8H,5-6,9,15H2,1H3,(H2,16,17,18,19);(H,6,7). The van der Waals surface area contributed by atoms with Crippen LogP contribution in [0.3, 0.4) is 0 Å². The first-order valence-electron chi connectivity index (χ1n) is 7.51. The van der Waals surface area contributed by atoms with Gasteiger partial charge in [0.1, 0.15) is 0 Å². The molecule has 2 rings (SSSR count). The van der Waals surface area contributed by atoms with Crippen molar-refractivity contribution in [3.8, 4) is 0 Å². The Morgan fingerprint density at radius 1 is 1.27 bits per heavy atom. The molecule has 0 fully saturated rings. The first kappa shape index (κ1) is 21.2. The molecular weight excluding hydrogens is 353 g/mol. The minimum absolute atomic E-state index is 0.0374. The second-order valence-electron chi connectivity index (χ2n) is 5.31. The van der Waals surface area contributed by atoms with Crippen molar-refractivity contribution in [3.63, 3.8) is 0 Å². The third-order valence-electron chi connectivity index (χ3n) is 3.08. The van der Waals surface area contributed by atoms with Gasteiger partial charge in [0.25, 0.3) is 0 Å². The normalized spacial score (nSPS) is 10.7. The highest BCUT2D eigenvalue weighted by Gasteiger charge is 2.38. The summed E-state index contributed by atoms with van der Waals surface area (Å²) in [6.07, 6.45) is -3.96. The zero-order valence-electron chi connectivity index (χ0n) is 13.9. The number of nitrogens with one attached hydrogen (secondary N) is 2. The number of nitrogens with zero attached hydrogens (tertiary/aromatic N) is 1. The number of hydrogen-bond acceptors (Lipinski definition) is 4. The van der Waals surface area contributed by atoms with Crippen LogP contribution < -0.4 is 11.1 Å². The Bertz CT molecular complexity index is 744. The number of nitrogens with two attached hydrogens (primary N) is 1. The lowest BCUT2D eigenvalue weighted by atomic mass is 10.1. The molecule has 26 heavy (non-hydrogen) atoms. The van der Waals surface area contributed by atoms with Crippen molar-refractivity contribution in [1.82, 2.24) is 10.2 Å². The number of carbonyl (C=O) groups excluding carboxylic acids is 1. The van der Waals surface area contributed by atoms with Crippen molar-refractivity contribution in [3.05, 3.63) is 47.2 Å². The summed E-state index contributed by atoms with van der Waals surface area (Å²) >= 11 is 0. The zero-order chi connectivity index (χ0) is 19.7. The smallest absolute Gasteiger partial charge is 0.475 e. The quantitative estimate of drug-likeness (QED) is 0.642. The van der Waals surface area contributed by atoms with E-state index in [1.54, 1.807) is 6.07 Å². The zero-order valence-corrected chi connectivity index (χ0v) is 13.9. The number of carboxylic acids is 1. The van der Waals surface area contributed by atoms with Crippen LogP contribution in [0, 0.1) is 6.92 Å². The number of aromatic nitrogens is 2. The molecule has 1 amide bonds. The molecule has 1 aromatic carbocycles. The van der Waals surface area contributed by atoms with Gasteiger partial charge in [-0.05, 0) is 24.5 Å². The molecule has 0 aliphatic heterocycles. The molecule has 5 N–H and O–H groups in total. The van der Waals surface area contributed by atoms with Crippen LogP contribution >= 0.6 is 0 Å². The van der Waals surface area contributed by atoms with E-state index in [0.29, 0.717) is 25.2 Å². The van der Waals surface area contributed by atoms with Crippen LogP contribution in [0.15, 0.2) is 30.3 Å². The summed E-state index contributed by atoms with van der Waals surface area (Å²) in [6, 6.07) is 9.78. The highest BCUT2D eigenvalue weighted by atomic mass is 19.4. The minimum atomic E-state index is -5.08. The highest BCUT2D eigenvalue weighted by Crippen LogP contribution is 2.13. The van der Waals surface area contributed by atoms with E-state index in [2.05, 4.69) is 15.5 Å². The fourth-order valence-electron chi connectivity index (χ4n) is 1.86. The molecule has 1 heterocycles. The Hall–Kier alpha value is -2.88. The Morgan fingerprint density at radius 2 is 1.88 bits per heavy atom. The maximum atomic E-state index is 11.8. The van der Waals surface area contributed by atoms with E-state index in [-0.39, 0.29) is 5.91 Å². The third kappa shape index (κ3) is 7.79. The minimum Gasteiger partial charge on any atom is -0.475 e. The number of carbonyl (C=O) groups is 2. The number of H-pyrrole nitrogens is 1. The van der Waals surface area contributed by atoms with Crippen LogP contribution in [0.5, 0.6) is 0 Å². The number of aryl methyl sites for hydroxylation is 2. The maximum absolute atomic E-state index is 11.8. The summed E-state index contributed by atoms with van der Waals surface area (Å²) in [7, 11) is 0. The molecule has 0 saturated carbocycles. The second kappa shape index (κ2) is 9.56. The van der Waals surface area contributed by atoms with Crippen molar-refractivity contribution in [2.24, 2.45) is 5.73 Å². The number of aliphatic carboxylic acids is 1. The van der Waals surface area contributed by atoms with Crippen LogP contribution in [0.1, 0.15) is 23.2 Å². The molecule has 0 spiro atoms. The molecule has 0 radical (unpaired) electrons. The van der Waals surface area contributed by atoms with E-state index in [4.69, 9.17) is 15.6 Å². The van der Waals surface area contributed by atoms with Gasteiger partial charge in [-0.25, -0.2) is 4.79 Å². The molecule has 0 aliphatic rings. The first-order valence-corrected chi connectivity index (χ1v) is 7.51. The Balaban J connectivity index is 0.000000412. The van der Waals surface area contributed by atoms with Gasteiger partial charge in [-0.3, -0.25) is 9.89 Å². The van der Waals surface area contributed by atoms with E-state index < -0.39 is 12.1 Å². The van der Waals surface area contributed by atoms with E-state index in [1.165, 1.54) is 0 Å². The molecule has 0 bridgehead atoms. The van der Waals surface area contributed by atoms with Gasteiger partial charge in [-0.2, -0.15) is 18.3 Å². The molecule has 7 nitrogen and oxygen atoms in total. The number of benzene rings is 1. The van der Waals surface area contributed by atoms with Crippen molar-refractivity contribution in [2.75, 3.05) is 5.32 Å². The van der Waals surface area contributed by atoms with Gasteiger partial charge in [-0.15, -0.1) is 0 Å². The van der Waals surface area contributed by atoms with Gasteiger partial charge < -0.3 is 16.2 Å². The molecule has 142 valence electrons. The largest absolute Gasteiger partial charge is 0.490 e. The van der Waals surface area contributed by atoms with Crippen molar-refractivity contribution in [1.29, 1.82) is 0 Å². The second-order valence-corrected chi connectivity index (χ2v) is 5.31. The number of carboxylic acid groups (broad SMARTS) is 1. The van der Waals surface area contributed by atoms with Gasteiger partial charge in [0.2, 0.25) is 5.91 Å². The Morgan fingerprint density at radius 3 is 2.38 bits per heavy atom. The van der Waals surface area contributed by atoms with Crippen LogP contribution in [0.25, 0.3) is 0 Å². The SMILES string of the molecule is Cc1cc(NC(=O)CCc2cccc(CN)c2)n[nH]1.O=C(O)C(F)(F)F. The van der Waals surface area contributed by atoms with E-state index in [9.17, 15) is 18.0 Å². The predicted octanol–water partition coefficient (Wildman–Crippen LogP) is 2.38. The first-order chi connectivity index (χ1) is 12.1. The van der Waals surface area contributed by atoms with Gasteiger partial charge >= 0.3 is 12.1 Å². The maximum Gasteiger partial charge on any atom is 0.490 e. The van der Waals surface area contributed by atoms with Crippen molar-refractivity contribution in [2.45, 2.75) is 32.5 Å². The van der Waals surface area contributed by atoms with Crippen LogP contribution in [0.4, 0.5) is 19.0 Å². The monoisotopic (exact) mass is 372 g/mol. The highest BCUT2D eigenvalue weighted by molar-refractivity contribution is 5.89. The molecule has 0 aliphatic carbocycles. The molecule has 1 aromatic heterocycles. The summed E-state index contributed by atoms with van der Waals surface area (Å²) in [5.41, 5.74) is 8.72. The molecule has 0 atom stereocenters. The van der Waals surface area contributed by atoms with E-state index in [1.807, 2.05) is 31.2 Å². The van der Waals surface area contributed by atoms with Gasteiger partial charge in [-0.1, -0.05) is 24.3 Å². The molecule has 10 heteroatoms. The number of aromatic amines is 1. The fraction of sp³-hybridized carbons (Fsp3) is 0.312. The summed E-state index contributed by atoms with van der Waals surface area (Å²) in [5.74, 6) is -2.23. The molecule has 0 saturated heterocycles. The van der Waals surface area contributed by atoms with E-state index >= 15 is 0 Å². The predicted molar refractivity (Wildman–Crippen MR) is 88.3 cm³/mol. The van der Waals surface area contributed by atoms with Gasteiger partial charge in [0, 0.05) is 24.7 Å². The Kier molecular flexibility index (Phi) is 7.78. The summed E-state index contributed by atoms with van der Waals surface area (Å²) in [5, 5.41) is 16.6. The number of hydrogen-bond donors (Lipinski definition) is 4. The number of alkyl halides is 3. The number of amides is 1. The topological polar surface area (TPSA) is 121 Å². The van der Waals surface area contributed by atoms with Crippen LogP contribution in [0.2, 0.25) is 0 Å². The summed E-state index contributed by atoms with van der Waals surface area (Å²) < 4.78 is 31.7. The molecule has 0 unspecified atom stereocenters. The molecule has 2 aromatic rings. The fourth-order valence-corrected chi connectivity index (χ4v) is 1.86.